The molecule has 0 N–H and O–H groups in total. The van der Waals surface area contributed by atoms with E-state index in [1.54, 1.807) is 0 Å². The Labute approximate surface area is 82.2 Å². The van der Waals surface area contributed by atoms with Gasteiger partial charge in [-0.25, -0.2) is 0 Å². The average molecular weight is 190 g/mol. The van der Waals surface area contributed by atoms with Crippen molar-refractivity contribution in [2.24, 2.45) is 0 Å². The highest BCUT2D eigenvalue weighted by Gasteiger charge is 2.13. The molecule has 0 saturated heterocycles. The molecular formula is C10H24NO2+. The molecule has 0 aromatic heterocycles. The molecule has 0 rings (SSSR count). The lowest BCUT2D eigenvalue weighted by molar-refractivity contribution is -0.891. The first-order chi connectivity index (χ1) is 6.12. The van der Waals surface area contributed by atoms with Gasteiger partial charge in [0.15, 0.2) is 0 Å². The van der Waals surface area contributed by atoms with Gasteiger partial charge in [0.2, 0.25) is 0 Å². The quantitative estimate of drug-likeness (QED) is 0.422. The van der Waals surface area contributed by atoms with E-state index in [1.165, 1.54) is 0 Å². The minimum atomic E-state index is 0.811. The summed E-state index contributed by atoms with van der Waals surface area (Å²) in [4.78, 5) is 0. The van der Waals surface area contributed by atoms with Crippen molar-refractivity contribution in [3.05, 3.63) is 0 Å². The first-order valence-corrected chi connectivity index (χ1v) is 5.10. The smallest absolute Gasteiger partial charge is 0.102 e. The molecule has 0 aliphatic rings. The Morgan fingerprint density at radius 1 is 0.846 bits per heavy atom. The summed E-state index contributed by atoms with van der Waals surface area (Å²) in [6, 6.07) is 0. The Morgan fingerprint density at radius 3 is 1.54 bits per heavy atom. The van der Waals surface area contributed by atoms with E-state index in [0.29, 0.717) is 0 Å². The Hall–Kier alpha value is -0.120. The van der Waals surface area contributed by atoms with Gasteiger partial charge in [0.05, 0.1) is 27.3 Å². The van der Waals surface area contributed by atoms with Gasteiger partial charge in [-0.1, -0.05) is 0 Å². The van der Waals surface area contributed by atoms with Crippen molar-refractivity contribution < 1.29 is 14.0 Å². The molecule has 0 radical (unpaired) electrons. The fourth-order valence-corrected chi connectivity index (χ4v) is 1.02. The second kappa shape index (κ2) is 7.30. The Bertz CT molecular complexity index is 103. The molecule has 0 atom stereocenters. The van der Waals surface area contributed by atoms with Crippen molar-refractivity contribution in [3.8, 4) is 0 Å². The van der Waals surface area contributed by atoms with Gasteiger partial charge in [-0.05, 0) is 13.8 Å². The van der Waals surface area contributed by atoms with Crippen molar-refractivity contribution in [2.75, 3.05) is 53.6 Å². The van der Waals surface area contributed by atoms with Crippen LogP contribution in [0.5, 0.6) is 0 Å². The normalized spacial score (nSPS) is 12.0. The maximum Gasteiger partial charge on any atom is 0.102 e. The van der Waals surface area contributed by atoms with E-state index in [2.05, 4.69) is 14.1 Å². The van der Waals surface area contributed by atoms with Crippen LogP contribution in [0, 0.1) is 0 Å². The maximum atomic E-state index is 5.32. The molecular weight excluding hydrogens is 166 g/mol. The summed E-state index contributed by atoms with van der Waals surface area (Å²) in [5.74, 6) is 0. The second-order valence-corrected chi connectivity index (χ2v) is 3.78. The first-order valence-electron chi connectivity index (χ1n) is 5.10. The monoisotopic (exact) mass is 190 g/mol. The van der Waals surface area contributed by atoms with Crippen LogP contribution in [-0.2, 0) is 9.47 Å². The van der Waals surface area contributed by atoms with Crippen molar-refractivity contribution in [2.45, 2.75) is 13.8 Å². The van der Waals surface area contributed by atoms with Gasteiger partial charge < -0.3 is 14.0 Å². The van der Waals surface area contributed by atoms with Crippen LogP contribution in [-0.4, -0.2) is 58.1 Å². The second-order valence-electron chi connectivity index (χ2n) is 3.78. The zero-order chi connectivity index (χ0) is 10.2. The number of hydrogen-bond acceptors (Lipinski definition) is 2. The van der Waals surface area contributed by atoms with Gasteiger partial charge >= 0.3 is 0 Å². The lowest BCUT2D eigenvalue weighted by Gasteiger charge is -2.29. The third-order valence-electron chi connectivity index (χ3n) is 2.09. The highest BCUT2D eigenvalue weighted by molar-refractivity contribution is 4.34. The predicted octanol–water partition coefficient (Wildman–Crippen LogP) is 1.14. The number of ether oxygens (including phenoxy) is 2. The molecule has 0 amide bonds. The Kier molecular flexibility index (Phi) is 7.23. The molecule has 0 bridgehead atoms. The van der Waals surface area contributed by atoms with Gasteiger partial charge in [0, 0.05) is 13.2 Å². The molecule has 0 fully saturated rings. The third kappa shape index (κ3) is 8.22. The standard InChI is InChI=1S/C10H24NO2/c1-5-12-9-7-11(3,4)8-10-13-6-2/h5-10H2,1-4H3/q+1. The highest BCUT2D eigenvalue weighted by atomic mass is 16.5. The molecule has 3 heteroatoms. The molecule has 3 nitrogen and oxygen atoms in total. The number of rotatable bonds is 8. The van der Waals surface area contributed by atoms with Crippen LogP contribution >= 0.6 is 0 Å². The molecule has 0 saturated carbocycles. The van der Waals surface area contributed by atoms with Gasteiger partial charge in [-0.2, -0.15) is 0 Å². The number of likely N-dealkylation sites (N-methyl/N-ethyl adjacent to an activating group) is 1. The number of hydrogen-bond donors (Lipinski definition) is 0. The van der Waals surface area contributed by atoms with E-state index < -0.39 is 0 Å². The van der Waals surface area contributed by atoms with Crippen molar-refractivity contribution in [3.63, 3.8) is 0 Å². The van der Waals surface area contributed by atoms with E-state index in [-0.39, 0.29) is 0 Å². The summed E-state index contributed by atoms with van der Waals surface area (Å²) in [6.45, 7) is 9.48. The topological polar surface area (TPSA) is 18.5 Å². The molecule has 0 unspecified atom stereocenters. The molecule has 0 heterocycles. The summed E-state index contributed by atoms with van der Waals surface area (Å²) in [6.07, 6.45) is 0. The zero-order valence-electron chi connectivity index (χ0n) is 9.51. The maximum absolute atomic E-state index is 5.32. The van der Waals surface area contributed by atoms with Crippen molar-refractivity contribution in [1.82, 2.24) is 0 Å². The van der Waals surface area contributed by atoms with E-state index in [1.807, 2.05) is 13.8 Å². The van der Waals surface area contributed by atoms with Gasteiger partial charge in [-0.15, -0.1) is 0 Å². The van der Waals surface area contributed by atoms with Crippen LogP contribution < -0.4 is 0 Å². The van der Waals surface area contributed by atoms with Crippen LogP contribution in [0.2, 0.25) is 0 Å². The largest absolute Gasteiger partial charge is 0.376 e. The molecule has 80 valence electrons. The lowest BCUT2D eigenvalue weighted by atomic mass is 10.4. The fourth-order valence-electron chi connectivity index (χ4n) is 1.02. The molecule has 13 heavy (non-hydrogen) atoms. The molecule has 0 aliphatic carbocycles. The van der Waals surface area contributed by atoms with Crippen LogP contribution in [0.3, 0.4) is 0 Å². The minimum absolute atomic E-state index is 0.811. The molecule has 0 aliphatic heterocycles. The van der Waals surface area contributed by atoms with E-state index >= 15 is 0 Å². The van der Waals surface area contributed by atoms with Gasteiger partial charge in [0.1, 0.15) is 13.1 Å². The fraction of sp³-hybridized carbons (Fsp3) is 1.00. The molecule has 0 aromatic carbocycles. The number of nitrogens with zero attached hydrogens (tertiary/aromatic N) is 1. The summed E-state index contributed by atoms with van der Waals surface area (Å²) in [7, 11) is 4.41. The van der Waals surface area contributed by atoms with E-state index in [4.69, 9.17) is 9.47 Å². The summed E-state index contributed by atoms with van der Waals surface area (Å²) >= 11 is 0. The average Bonchev–Trinajstić information content (AvgIpc) is 2.05. The van der Waals surface area contributed by atoms with Crippen LogP contribution in [0.1, 0.15) is 13.8 Å². The van der Waals surface area contributed by atoms with Gasteiger partial charge in [-0.3, -0.25) is 0 Å². The summed E-state index contributed by atoms with van der Waals surface area (Å²) < 4.78 is 11.6. The Balaban J connectivity index is 3.42. The van der Waals surface area contributed by atoms with Crippen molar-refractivity contribution >= 4 is 0 Å². The molecule has 0 aromatic rings. The predicted molar refractivity (Wildman–Crippen MR) is 54.8 cm³/mol. The minimum Gasteiger partial charge on any atom is -0.376 e. The lowest BCUT2D eigenvalue weighted by Crippen LogP contribution is -2.44. The van der Waals surface area contributed by atoms with Crippen molar-refractivity contribution in [1.29, 1.82) is 0 Å². The SMILES string of the molecule is CCOCC[N+](C)(C)CCOCC. The van der Waals surface area contributed by atoms with Gasteiger partial charge in [0.25, 0.3) is 0 Å². The highest BCUT2D eigenvalue weighted by Crippen LogP contribution is 1.96. The van der Waals surface area contributed by atoms with Crippen LogP contribution in [0.25, 0.3) is 0 Å². The van der Waals surface area contributed by atoms with Crippen LogP contribution in [0.15, 0.2) is 0 Å². The first kappa shape index (κ1) is 12.9. The summed E-state index contributed by atoms with van der Waals surface area (Å²) in [5.41, 5.74) is 0. The van der Waals surface area contributed by atoms with E-state index in [0.717, 1.165) is 44.0 Å². The molecule has 0 spiro atoms. The third-order valence-corrected chi connectivity index (χ3v) is 2.09. The van der Waals surface area contributed by atoms with Crippen LogP contribution in [0.4, 0.5) is 0 Å². The number of quaternary nitrogens is 1. The zero-order valence-corrected chi connectivity index (χ0v) is 9.51. The van der Waals surface area contributed by atoms with E-state index in [9.17, 15) is 0 Å². The Morgan fingerprint density at radius 2 is 1.23 bits per heavy atom. The summed E-state index contributed by atoms with van der Waals surface area (Å²) in [5, 5.41) is 0.